The van der Waals surface area contributed by atoms with E-state index in [1.807, 2.05) is 6.07 Å². The highest BCUT2D eigenvalue weighted by Gasteiger charge is 2.11. The Bertz CT molecular complexity index is 450. The number of thiophene rings is 1. The molecule has 0 aliphatic heterocycles. The molecule has 0 aliphatic rings. The Hall–Kier alpha value is -0.440. The lowest BCUT2D eigenvalue weighted by molar-refractivity contribution is 0.482. The average molecular weight is 233 g/mol. The molecule has 0 aliphatic carbocycles. The smallest absolute Gasteiger partial charge is 0.133 e. The van der Waals surface area contributed by atoms with Crippen LogP contribution in [0.2, 0.25) is 4.34 Å². The predicted molar refractivity (Wildman–Crippen MR) is 58.1 cm³/mol. The SMILES string of the molecule is Oc1cccc2c(CCl)c(Cl)sc12. The molecule has 0 amide bonds. The molecule has 1 nitrogen and oxygen atoms in total. The van der Waals surface area contributed by atoms with Crippen LogP contribution < -0.4 is 0 Å². The van der Waals surface area contributed by atoms with Gasteiger partial charge in [-0.05, 0) is 6.07 Å². The first-order valence-corrected chi connectivity index (χ1v) is 5.41. The number of hydrogen-bond donors (Lipinski definition) is 1. The van der Waals surface area contributed by atoms with Crippen LogP contribution in [0.4, 0.5) is 0 Å². The normalized spacial score (nSPS) is 10.9. The molecule has 4 heteroatoms. The topological polar surface area (TPSA) is 20.2 Å². The quantitative estimate of drug-likeness (QED) is 0.738. The molecule has 0 radical (unpaired) electrons. The van der Waals surface area contributed by atoms with Crippen LogP contribution in [0.3, 0.4) is 0 Å². The average Bonchev–Trinajstić information content (AvgIpc) is 2.43. The number of halogens is 2. The minimum atomic E-state index is 0.265. The maximum absolute atomic E-state index is 9.51. The zero-order valence-electron chi connectivity index (χ0n) is 6.55. The monoisotopic (exact) mass is 232 g/mol. The van der Waals surface area contributed by atoms with Crippen molar-refractivity contribution in [3.63, 3.8) is 0 Å². The van der Waals surface area contributed by atoms with E-state index in [0.717, 1.165) is 15.6 Å². The van der Waals surface area contributed by atoms with Crippen LogP contribution in [0, 0.1) is 0 Å². The fourth-order valence-corrected chi connectivity index (χ4v) is 3.03. The Morgan fingerprint density at radius 2 is 2.15 bits per heavy atom. The minimum Gasteiger partial charge on any atom is -0.506 e. The second-order valence-electron chi connectivity index (χ2n) is 2.64. The van der Waals surface area contributed by atoms with Gasteiger partial charge in [-0.3, -0.25) is 0 Å². The summed E-state index contributed by atoms with van der Waals surface area (Å²) >= 11 is 13.1. The van der Waals surface area contributed by atoms with Crippen molar-refractivity contribution in [3.8, 4) is 5.75 Å². The van der Waals surface area contributed by atoms with Gasteiger partial charge in [0.05, 0.1) is 14.9 Å². The molecule has 1 N–H and O–H groups in total. The lowest BCUT2D eigenvalue weighted by Crippen LogP contribution is -1.73. The van der Waals surface area contributed by atoms with Crippen molar-refractivity contribution >= 4 is 44.6 Å². The van der Waals surface area contributed by atoms with Gasteiger partial charge >= 0.3 is 0 Å². The third kappa shape index (κ3) is 1.39. The molecule has 2 aromatic rings. The third-order valence-corrected chi connectivity index (χ3v) is 3.67. The molecule has 1 aromatic carbocycles. The molecular weight excluding hydrogens is 227 g/mol. The maximum Gasteiger partial charge on any atom is 0.133 e. The van der Waals surface area contributed by atoms with Gasteiger partial charge in [0.15, 0.2) is 0 Å². The fourth-order valence-electron chi connectivity index (χ4n) is 1.25. The molecule has 1 heterocycles. The highest BCUT2D eigenvalue weighted by Crippen LogP contribution is 2.40. The van der Waals surface area contributed by atoms with Gasteiger partial charge < -0.3 is 5.11 Å². The summed E-state index contributed by atoms with van der Waals surface area (Å²) in [4.78, 5) is 0. The van der Waals surface area contributed by atoms with Crippen molar-refractivity contribution in [2.24, 2.45) is 0 Å². The highest BCUT2D eigenvalue weighted by molar-refractivity contribution is 7.23. The Labute approximate surface area is 89.5 Å². The summed E-state index contributed by atoms with van der Waals surface area (Å²) in [6.45, 7) is 0. The van der Waals surface area contributed by atoms with Crippen molar-refractivity contribution in [1.29, 1.82) is 0 Å². The lowest BCUT2D eigenvalue weighted by atomic mass is 10.2. The van der Waals surface area contributed by atoms with Crippen molar-refractivity contribution < 1.29 is 5.11 Å². The molecule has 68 valence electrons. The summed E-state index contributed by atoms with van der Waals surface area (Å²) in [5, 5.41) is 10.5. The van der Waals surface area contributed by atoms with Crippen molar-refractivity contribution in [2.75, 3.05) is 0 Å². The number of benzene rings is 1. The number of hydrogen-bond acceptors (Lipinski definition) is 2. The second-order valence-corrected chi connectivity index (χ2v) is 4.53. The number of rotatable bonds is 1. The molecule has 0 saturated heterocycles. The Morgan fingerprint density at radius 3 is 2.85 bits per heavy atom. The zero-order chi connectivity index (χ0) is 9.42. The van der Waals surface area contributed by atoms with Crippen molar-refractivity contribution in [1.82, 2.24) is 0 Å². The van der Waals surface area contributed by atoms with Gasteiger partial charge in [0, 0.05) is 10.9 Å². The number of phenolic OH excluding ortho intramolecular Hbond substituents is 1. The highest BCUT2D eigenvalue weighted by atomic mass is 35.5. The van der Waals surface area contributed by atoms with E-state index in [1.165, 1.54) is 11.3 Å². The molecule has 0 atom stereocenters. The zero-order valence-corrected chi connectivity index (χ0v) is 8.88. The predicted octanol–water partition coefficient (Wildman–Crippen LogP) is 4.00. The number of phenols is 1. The van der Waals surface area contributed by atoms with Gasteiger partial charge in [-0.25, -0.2) is 0 Å². The first-order chi connectivity index (χ1) is 6.24. The summed E-state index contributed by atoms with van der Waals surface area (Å²) in [7, 11) is 0. The number of aromatic hydroxyl groups is 1. The third-order valence-electron chi connectivity index (χ3n) is 1.88. The van der Waals surface area contributed by atoms with E-state index in [9.17, 15) is 5.11 Å². The van der Waals surface area contributed by atoms with Gasteiger partial charge in [-0.15, -0.1) is 22.9 Å². The summed E-state index contributed by atoms with van der Waals surface area (Å²) in [6.07, 6.45) is 0. The summed E-state index contributed by atoms with van der Waals surface area (Å²) in [6, 6.07) is 5.35. The van der Waals surface area contributed by atoms with Gasteiger partial charge in [0.2, 0.25) is 0 Å². The Kier molecular flexibility index (Phi) is 2.37. The van der Waals surface area contributed by atoms with E-state index in [-0.39, 0.29) is 5.75 Å². The van der Waals surface area contributed by atoms with E-state index in [4.69, 9.17) is 23.2 Å². The Morgan fingerprint density at radius 1 is 1.38 bits per heavy atom. The molecular formula is C9H6Cl2OS. The summed E-state index contributed by atoms with van der Waals surface area (Å²) in [5.74, 6) is 0.642. The lowest BCUT2D eigenvalue weighted by Gasteiger charge is -1.94. The fraction of sp³-hybridized carbons (Fsp3) is 0.111. The van der Waals surface area contributed by atoms with Crippen LogP contribution in [-0.4, -0.2) is 5.11 Å². The number of alkyl halides is 1. The standard InChI is InChI=1S/C9H6Cl2OS/c10-4-6-5-2-1-3-7(12)8(5)13-9(6)11/h1-3,12H,4H2. The molecule has 0 saturated carbocycles. The van der Waals surface area contributed by atoms with Gasteiger partial charge in [-0.1, -0.05) is 23.7 Å². The summed E-state index contributed by atoms with van der Waals surface area (Å²) < 4.78 is 1.47. The van der Waals surface area contributed by atoms with Crippen LogP contribution in [0.15, 0.2) is 18.2 Å². The summed E-state index contributed by atoms with van der Waals surface area (Å²) in [5.41, 5.74) is 0.902. The van der Waals surface area contributed by atoms with Gasteiger partial charge in [0.1, 0.15) is 5.75 Å². The molecule has 13 heavy (non-hydrogen) atoms. The first kappa shape index (κ1) is 9.13. The molecule has 0 unspecified atom stereocenters. The molecule has 0 bridgehead atoms. The minimum absolute atomic E-state index is 0.265. The molecule has 2 rings (SSSR count). The Balaban J connectivity index is 2.86. The van der Waals surface area contributed by atoms with E-state index in [2.05, 4.69) is 0 Å². The van der Waals surface area contributed by atoms with E-state index >= 15 is 0 Å². The van der Waals surface area contributed by atoms with Gasteiger partial charge in [0.25, 0.3) is 0 Å². The van der Waals surface area contributed by atoms with Crippen LogP contribution in [0.25, 0.3) is 10.1 Å². The van der Waals surface area contributed by atoms with Crippen molar-refractivity contribution in [2.45, 2.75) is 5.88 Å². The van der Waals surface area contributed by atoms with Crippen molar-refractivity contribution in [3.05, 3.63) is 28.1 Å². The van der Waals surface area contributed by atoms with Crippen LogP contribution in [0.1, 0.15) is 5.56 Å². The van der Waals surface area contributed by atoms with Gasteiger partial charge in [-0.2, -0.15) is 0 Å². The van der Waals surface area contributed by atoms with E-state index in [1.54, 1.807) is 12.1 Å². The molecule has 0 spiro atoms. The van der Waals surface area contributed by atoms with E-state index < -0.39 is 0 Å². The molecule has 1 aromatic heterocycles. The van der Waals surface area contributed by atoms with Crippen LogP contribution in [0.5, 0.6) is 5.75 Å². The second kappa shape index (κ2) is 3.37. The maximum atomic E-state index is 9.51. The van der Waals surface area contributed by atoms with E-state index in [0.29, 0.717) is 10.2 Å². The molecule has 0 fully saturated rings. The largest absolute Gasteiger partial charge is 0.506 e. The first-order valence-electron chi connectivity index (χ1n) is 3.69. The van der Waals surface area contributed by atoms with Crippen LogP contribution in [-0.2, 0) is 5.88 Å². The van der Waals surface area contributed by atoms with Crippen LogP contribution >= 0.6 is 34.5 Å². The number of fused-ring (bicyclic) bond motifs is 1.